The molecule has 5 heteroatoms. The summed E-state index contributed by atoms with van der Waals surface area (Å²) in [5.74, 6) is -0.347. The van der Waals surface area contributed by atoms with Crippen molar-refractivity contribution in [3.63, 3.8) is 0 Å². The van der Waals surface area contributed by atoms with E-state index in [1.807, 2.05) is 0 Å². The molecule has 1 aromatic carbocycles. The number of nitrogens with zero attached hydrogens (tertiary/aromatic N) is 2. The minimum atomic E-state index is -0.347. The summed E-state index contributed by atoms with van der Waals surface area (Å²) in [6.07, 6.45) is 0. The van der Waals surface area contributed by atoms with Gasteiger partial charge in [0, 0.05) is 7.05 Å². The van der Waals surface area contributed by atoms with Gasteiger partial charge in [-0.05, 0) is 23.8 Å². The molecule has 0 saturated heterocycles. The van der Waals surface area contributed by atoms with Crippen molar-refractivity contribution in [3.8, 4) is 11.1 Å². The van der Waals surface area contributed by atoms with Crippen molar-refractivity contribution in [1.82, 2.24) is 9.78 Å². The second-order valence-corrected chi connectivity index (χ2v) is 3.70. The third-order valence-electron chi connectivity index (χ3n) is 2.19. The first-order chi connectivity index (χ1) is 7.58. The molecule has 0 aliphatic carbocycles. The summed E-state index contributed by atoms with van der Waals surface area (Å²) in [5, 5.41) is 4.00. The lowest BCUT2D eigenvalue weighted by atomic mass is 10.1. The third-order valence-corrected chi connectivity index (χ3v) is 2.37. The fourth-order valence-electron chi connectivity index (χ4n) is 1.41. The lowest BCUT2D eigenvalue weighted by Crippen LogP contribution is -2.21. The molecule has 2 rings (SSSR count). The van der Waals surface area contributed by atoms with Gasteiger partial charge in [-0.3, -0.25) is 4.79 Å². The molecule has 0 unspecified atom stereocenters. The number of hydrogen-bond donors (Lipinski definition) is 0. The molecule has 16 heavy (non-hydrogen) atoms. The van der Waals surface area contributed by atoms with E-state index in [-0.39, 0.29) is 16.5 Å². The molecule has 2 aromatic rings. The van der Waals surface area contributed by atoms with Gasteiger partial charge in [-0.2, -0.15) is 5.10 Å². The highest BCUT2D eigenvalue weighted by molar-refractivity contribution is 6.29. The molecule has 0 radical (unpaired) electrons. The molecule has 82 valence electrons. The van der Waals surface area contributed by atoms with Crippen LogP contribution in [0.1, 0.15) is 0 Å². The maximum atomic E-state index is 12.7. The van der Waals surface area contributed by atoms with Crippen molar-refractivity contribution in [3.05, 3.63) is 51.7 Å². The van der Waals surface area contributed by atoms with Gasteiger partial charge in [0.05, 0.1) is 5.56 Å². The predicted octanol–water partition coefficient (Wildman–Crippen LogP) is 2.24. The van der Waals surface area contributed by atoms with E-state index >= 15 is 0 Å². The van der Waals surface area contributed by atoms with Crippen molar-refractivity contribution in [2.45, 2.75) is 0 Å². The van der Waals surface area contributed by atoms with Crippen LogP contribution in [0.4, 0.5) is 4.39 Å². The van der Waals surface area contributed by atoms with Crippen LogP contribution in [0.3, 0.4) is 0 Å². The summed E-state index contributed by atoms with van der Waals surface area (Å²) >= 11 is 5.76. The zero-order chi connectivity index (χ0) is 11.7. The lowest BCUT2D eigenvalue weighted by Gasteiger charge is -2.03. The molecule has 0 bridgehead atoms. The third kappa shape index (κ3) is 1.97. The van der Waals surface area contributed by atoms with E-state index in [0.717, 1.165) is 4.68 Å². The molecule has 0 aliphatic heterocycles. The molecule has 0 atom stereocenters. The maximum absolute atomic E-state index is 12.7. The van der Waals surface area contributed by atoms with Gasteiger partial charge in [-0.15, -0.1) is 0 Å². The first-order valence-corrected chi connectivity index (χ1v) is 4.95. The quantitative estimate of drug-likeness (QED) is 0.764. The van der Waals surface area contributed by atoms with Gasteiger partial charge < -0.3 is 0 Å². The van der Waals surface area contributed by atoms with Crippen LogP contribution in [0.25, 0.3) is 11.1 Å². The molecule has 0 fully saturated rings. The minimum absolute atomic E-state index is 0.224. The molecule has 3 nitrogen and oxygen atoms in total. The highest BCUT2D eigenvalue weighted by Gasteiger charge is 2.07. The van der Waals surface area contributed by atoms with Crippen LogP contribution in [0.5, 0.6) is 0 Å². The normalized spacial score (nSPS) is 10.4. The van der Waals surface area contributed by atoms with Gasteiger partial charge in [0.15, 0.2) is 0 Å². The zero-order valence-corrected chi connectivity index (χ0v) is 9.20. The number of benzene rings is 1. The summed E-state index contributed by atoms with van der Waals surface area (Å²) in [6, 6.07) is 7.12. The zero-order valence-electron chi connectivity index (χ0n) is 8.45. The molecule has 0 aliphatic rings. The molecule has 0 amide bonds. The van der Waals surface area contributed by atoms with E-state index in [4.69, 9.17) is 11.6 Å². The van der Waals surface area contributed by atoms with Crippen molar-refractivity contribution in [2.75, 3.05) is 0 Å². The summed E-state index contributed by atoms with van der Waals surface area (Å²) in [6.45, 7) is 0. The highest BCUT2D eigenvalue weighted by Crippen LogP contribution is 2.17. The van der Waals surface area contributed by atoms with E-state index < -0.39 is 0 Å². The van der Waals surface area contributed by atoms with Crippen LogP contribution in [0.15, 0.2) is 35.1 Å². The number of aryl methyl sites for hydroxylation is 1. The molecule has 1 aromatic heterocycles. The van der Waals surface area contributed by atoms with E-state index in [9.17, 15) is 9.18 Å². The monoisotopic (exact) mass is 238 g/mol. The SMILES string of the molecule is Cn1nc(Cl)cc(-c2ccc(F)cc2)c1=O. The second kappa shape index (κ2) is 4.06. The maximum Gasteiger partial charge on any atom is 0.274 e. The van der Waals surface area contributed by atoms with Crippen LogP contribution >= 0.6 is 11.6 Å². The van der Waals surface area contributed by atoms with Crippen LogP contribution in [-0.4, -0.2) is 9.78 Å². The van der Waals surface area contributed by atoms with Gasteiger partial charge in [-0.25, -0.2) is 9.07 Å². The van der Waals surface area contributed by atoms with Crippen LogP contribution in [0.2, 0.25) is 5.15 Å². The van der Waals surface area contributed by atoms with Gasteiger partial charge in [0.1, 0.15) is 11.0 Å². The van der Waals surface area contributed by atoms with Crippen LogP contribution in [-0.2, 0) is 7.05 Å². The summed E-state index contributed by atoms with van der Waals surface area (Å²) in [4.78, 5) is 11.8. The molecule has 0 N–H and O–H groups in total. The number of hydrogen-bond acceptors (Lipinski definition) is 2. The van der Waals surface area contributed by atoms with Gasteiger partial charge in [-0.1, -0.05) is 23.7 Å². The average molecular weight is 239 g/mol. The Kier molecular flexibility index (Phi) is 2.75. The standard InChI is InChI=1S/C11H8ClFN2O/c1-15-11(16)9(6-10(12)14-15)7-2-4-8(13)5-3-7/h2-6H,1H3. The molecule has 1 heterocycles. The smallest absolute Gasteiger partial charge is 0.267 e. The Morgan fingerprint density at radius 3 is 2.56 bits per heavy atom. The molecule has 0 saturated carbocycles. The Balaban J connectivity index is 2.64. The molecular formula is C11H8ClFN2O. The highest BCUT2D eigenvalue weighted by atomic mass is 35.5. The fraction of sp³-hybridized carbons (Fsp3) is 0.0909. The van der Waals surface area contributed by atoms with Crippen LogP contribution in [0, 0.1) is 5.82 Å². The lowest BCUT2D eigenvalue weighted by molar-refractivity contribution is 0.628. The predicted molar refractivity (Wildman–Crippen MR) is 59.9 cm³/mol. The van der Waals surface area contributed by atoms with Gasteiger partial charge >= 0.3 is 0 Å². The van der Waals surface area contributed by atoms with Crippen LogP contribution < -0.4 is 5.56 Å². The largest absolute Gasteiger partial charge is 0.274 e. The minimum Gasteiger partial charge on any atom is -0.267 e. The first-order valence-electron chi connectivity index (χ1n) is 4.58. The Morgan fingerprint density at radius 1 is 1.31 bits per heavy atom. The van der Waals surface area contributed by atoms with Crippen molar-refractivity contribution < 1.29 is 4.39 Å². The van der Waals surface area contributed by atoms with E-state index in [1.54, 1.807) is 0 Å². The Labute approximate surface area is 96.1 Å². The Hall–Kier alpha value is -1.68. The average Bonchev–Trinajstić information content (AvgIpc) is 2.25. The Morgan fingerprint density at radius 2 is 1.94 bits per heavy atom. The van der Waals surface area contributed by atoms with E-state index in [2.05, 4.69) is 5.10 Å². The van der Waals surface area contributed by atoms with Gasteiger partial charge in [0.2, 0.25) is 0 Å². The van der Waals surface area contributed by atoms with Gasteiger partial charge in [0.25, 0.3) is 5.56 Å². The summed E-state index contributed by atoms with van der Waals surface area (Å²) in [5.41, 5.74) is 0.754. The van der Waals surface area contributed by atoms with Crippen molar-refractivity contribution >= 4 is 11.6 Å². The van der Waals surface area contributed by atoms with Crippen molar-refractivity contribution in [1.29, 1.82) is 0 Å². The molecular weight excluding hydrogens is 231 g/mol. The summed E-state index contributed by atoms with van der Waals surface area (Å²) < 4.78 is 13.9. The first kappa shape index (κ1) is 10.8. The Bertz CT molecular complexity index is 578. The number of aromatic nitrogens is 2. The number of rotatable bonds is 1. The van der Waals surface area contributed by atoms with E-state index in [0.29, 0.717) is 11.1 Å². The van der Waals surface area contributed by atoms with Crippen molar-refractivity contribution in [2.24, 2.45) is 7.05 Å². The number of halogens is 2. The fourth-order valence-corrected chi connectivity index (χ4v) is 1.63. The molecule has 0 spiro atoms. The van der Waals surface area contributed by atoms with E-state index in [1.165, 1.54) is 37.4 Å². The second-order valence-electron chi connectivity index (χ2n) is 3.32. The topological polar surface area (TPSA) is 34.9 Å². The summed E-state index contributed by atoms with van der Waals surface area (Å²) in [7, 11) is 1.52.